The molecule has 0 radical (unpaired) electrons. The second kappa shape index (κ2) is 4.69. The van der Waals surface area contributed by atoms with E-state index in [0.717, 1.165) is 24.1 Å². The van der Waals surface area contributed by atoms with Crippen LogP contribution in [-0.2, 0) is 4.84 Å². The maximum atomic E-state index is 12.1. The average molecular weight is 285 g/mol. The van der Waals surface area contributed by atoms with Gasteiger partial charge in [0, 0.05) is 5.41 Å². The first-order valence-electron chi connectivity index (χ1n) is 7.70. The predicted octanol–water partition coefficient (Wildman–Crippen LogP) is 4.35. The molecular formula is C18H23NO2. The minimum absolute atomic E-state index is 0.0740. The molecule has 21 heavy (non-hydrogen) atoms. The molecule has 1 aromatic rings. The first-order chi connectivity index (χ1) is 9.84. The Kier molecular flexibility index (Phi) is 3.19. The molecule has 3 nitrogen and oxygen atoms in total. The molecule has 0 saturated heterocycles. The summed E-state index contributed by atoms with van der Waals surface area (Å²) in [6.07, 6.45) is 3.37. The van der Waals surface area contributed by atoms with Gasteiger partial charge in [0.1, 0.15) is 0 Å². The number of hydrogen-bond donors (Lipinski definition) is 0. The van der Waals surface area contributed by atoms with Gasteiger partial charge in [-0.25, -0.2) is 4.79 Å². The van der Waals surface area contributed by atoms with Gasteiger partial charge in [0.05, 0.1) is 11.3 Å². The molecule has 0 aliphatic heterocycles. The molecule has 2 aliphatic carbocycles. The zero-order valence-corrected chi connectivity index (χ0v) is 13.3. The van der Waals surface area contributed by atoms with Crippen LogP contribution in [0.3, 0.4) is 0 Å². The van der Waals surface area contributed by atoms with Crippen LogP contribution in [0, 0.1) is 23.7 Å². The lowest BCUT2D eigenvalue weighted by Gasteiger charge is -2.34. The molecule has 0 heterocycles. The van der Waals surface area contributed by atoms with E-state index in [9.17, 15) is 4.79 Å². The van der Waals surface area contributed by atoms with E-state index in [4.69, 9.17) is 4.84 Å². The van der Waals surface area contributed by atoms with Gasteiger partial charge in [-0.1, -0.05) is 43.6 Å². The van der Waals surface area contributed by atoms with Gasteiger partial charge in [-0.05, 0) is 49.7 Å². The molecule has 0 N–H and O–H groups in total. The Labute approximate surface area is 126 Å². The van der Waals surface area contributed by atoms with E-state index in [-0.39, 0.29) is 16.8 Å². The van der Waals surface area contributed by atoms with Crippen molar-refractivity contribution in [2.75, 3.05) is 0 Å². The zero-order chi connectivity index (χ0) is 15.3. The molecule has 2 atom stereocenters. The third-order valence-corrected chi connectivity index (χ3v) is 6.00. The van der Waals surface area contributed by atoms with Gasteiger partial charge >= 0.3 is 5.97 Å². The lowest BCUT2D eigenvalue weighted by atomic mass is 9.70. The van der Waals surface area contributed by atoms with Gasteiger partial charge in [0.2, 0.25) is 0 Å². The summed E-state index contributed by atoms with van der Waals surface area (Å²) in [6.45, 7) is 8.85. The summed E-state index contributed by atoms with van der Waals surface area (Å²) in [7, 11) is 0. The fraction of sp³-hybridized carbons (Fsp3) is 0.556. The first-order valence-corrected chi connectivity index (χ1v) is 7.70. The average Bonchev–Trinajstić information content (AvgIpc) is 2.77. The molecule has 3 heteroatoms. The number of nitrogens with zero attached hydrogens (tertiary/aromatic N) is 1. The Morgan fingerprint density at radius 3 is 2.67 bits per heavy atom. The van der Waals surface area contributed by atoms with Crippen molar-refractivity contribution in [3.63, 3.8) is 0 Å². The Bertz CT molecular complexity index is 617. The highest BCUT2D eigenvalue weighted by Crippen LogP contribution is 2.63. The zero-order valence-electron chi connectivity index (χ0n) is 13.3. The third kappa shape index (κ3) is 2.10. The second-order valence-electron chi connectivity index (χ2n) is 7.28. The third-order valence-electron chi connectivity index (χ3n) is 6.00. The van der Waals surface area contributed by atoms with Crippen LogP contribution in [0.2, 0.25) is 0 Å². The molecule has 0 spiro atoms. The van der Waals surface area contributed by atoms with E-state index >= 15 is 0 Å². The van der Waals surface area contributed by atoms with Crippen molar-refractivity contribution in [2.45, 2.75) is 47.0 Å². The summed E-state index contributed by atoms with van der Waals surface area (Å²) in [5.41, 5.74) is 2.99. The van der Waals surface area contributed by atoms with Crippen molar-refractivity contribution in [1.82, 2.24) is 0 Å². The summed E-state index contributed by atoms with van der Waals surface area (Å²) < 4.78 is 0. The number of carbonyl (C=O) groups is 1. The number of fused-ring (bicyclic) bond motifs is 2. The van der Waals surface area contributed by atoms with E-state index < -0.39 is 0 Å². The smallest absolute Gasteiger partial charge is 0.313 e. The molecule has 2 aliphatic rings. The fourth-order valence-electron chi connectivity index (χ4n) is 3.99. The van der Waals surface area contributed by atoms with Crippen molar-refractivity contribution in [1.29, 1.82) is 0 Å². The number of carbonyl (C=O) groups excluding carboxylic acids is 1. The van der Waals surface area contributed by atoms with Crippen molar-refractivity contribution < 1.29 is 9.63 Å². The molecule has 2 fully saturated rings. The molecule has 112 valence electrons. The highest BCUT2D eigenvalue weighted by atomic mass is 16.7. The van der Waals surface area contributed by atoms with Crippen LogP contribution in [0.25, 0.3) is 0 Å². The molecule has 1 aromatic carbocycles. The largest absolute Gasteiger partial charge is 0.365 e. The van der Waals surface area contributed by atoms with E-state index in [0.29, 0.717) is 11.5 Å². The van der Waals surface area contributed by atoms with Gasteiger partial charge in [-0.2, -0.15) is 0 Å². The lowest BCUT2D eigenvalue weighted by Crippen LogP contribution is -2.32. The number of hydrogen-bond acceptors (Lipinski definition) is 3. The summed E-state index contributed by atoms with van der Waals surface area (Å²) in [5, 5.41) is 4.25. The van der Waals surface area contributed by atoms with Gasteiger partial charge in [-0.3, -0.25) is 0 Å². The maximum Gasteiger partial charge on any atom is 0.365 e. The van der Waals surface area contributed by atoms with E-state index in [2.05, 4.69) is 25.9 Å². The molecule has 2 bridgehead atoms. The molecule has 0 amide bonds. The van der Waals surface area contributed by atoms with Crippen LogP contribution < -0.4 is 0 Å². The maximum absolute atomic E-state index is 12.1. The molecule has 3 rings (SSSR count). The number of aryl methyl sites for hydroxylation is 1. The Hall–Kier alpha value is -1.64. The van der Waals surface area contributed by atoms with Crippen LogP contribution >= 0.6 is 0 Å². The van der Waals surface area contributed by atoms with Crippen LogP contribution in [0.4, 0.5) is 0 Å². The highest BCUT2D eigenvalue weighted by molar-refractivity contribution is 5.95. The van der Waals surface area contributed by atoms with Gasteiger partial charge in [0.25, 0.3) is 0 Å². The Morgan fingerprint density at radius 2 is 2.10 bits per heavy atom. The lowest BCUT2D eigenvalue weighted by molar-refractivity contribution is 0.0508. The second-order valence-corrected chi connectivity index (χ2v) is 7.28. The number of oxime groups is 1. The highest BCUT2D eigenvalue weighted by Gasteiger charge is 2.60. The molecule has 0 aromatic heterocycles. The Balaban J connectivity index is 1.77. The van der Waals surface area contributed by atoms with Crippen molar-refractivity contribution >= 4 is 11.7 Å². The van der Waals surface area contributed by atoms with Crippen LogP contribution in [0.1, 0.15) is 56.0 Å². The molecule has 2 saturated carbocycles. The van der Waals surface area contributed by atoms with Crippen molar-refractivity contribution in [3.05, 3.63) is 35.4 Å². The quantitative estimate of drug-likeness (QED) is 0.598. The fourth-order valence-corrected chi connectivity index (χ4v) is 3.99. The van der Waals surface area contributed by atoms with Crippen LogP contribution in [0.15, 0.2) is 29.4 Å². The van der Waals surface area contributed by atoms with E-state index in [1.165, 1.54) is 6.42 Å². The summed E-state index contributed by atoms with van der Waals surface area (Å²) >= 11 is 0. The monoisotopic (exact) mass is 285 g/mol. The summed E-state index contributed by atoms with van der Waals surface area (Å²) in [5.74, 6) is 0.300. The normalized spacial score (nSPS) is 31.6. The summed E-state index contributed by atoms with van der Waals surface area (Å²) in [6, 6.07) is 7.42. The SMILES string of the molecule is Cc1cccc(C(=O)O/N=C2\CC3CCC2(C)C3(C)C)c1. The molecule has 2 unspecified atom stereocenters. The van der Waals surface area contributed by atoms with Crippen molar-refractivity contribution in [2.24, 2.45) is 21.9 Å². The number of benzene rings is 1. The van der Waals surface area contributed by atoms with Gasteiger partial charge < -0.3 is 4.84 Å². The minimum Gasteiger partial charge on any atom is -0.313 e. The standard InChI is InChI=1S/C18H23NO2/c1-12-6-5-7-13(10-12)16(20)21-19-15-11-14-8-9-18(15,4)17(14,2)3/h5-7,10,14H,8-9,11H2,1-4H3/b19-15+. The summed E-state index contributed by atoms with van der Waals surface area (Å²) in [4.78, 5) is 17.3. The molecular weight excluding hydrogens is 262 g/mol. The van der Waals surface area contributed by atoms with Crippen LogP contribution in [0.5, 0.6) is 0 Å². The minimum atomic E-state index is -0.365. The first kappa shape index (κ1) is 14.3. The Morgan fingerprint density at radius 1 is 1.33 bits per heavy atom. The predicted molar refractivity (Wildman–Crippen MR) is 83.3 cm³/mol. The van der Waals surface area contributed by atoms with Crippen molar-refractivity contribution in [3.8, 4) is 0 Å². The number of rotatable bonds is 2. The van der Waals surface area contributed by atoms with E-state index in [1.807, 2.05) is 25.1 Å². The van der Waals surface area contributed by atoms with Gasteiger partial charge in [-0.15, -0.1) is 0 Å². The van der Waals surface area contributed by atoms with Gasteiger partial charge in [0.15, 0.2) is 0 Å². The van der Waals surface area contributed by atoms with E-state index in [1.54, 1.807) is 6.07 Å². The van der Waals surface area contributed by atoms with Crippen LogP contribution in [-0.4, -0.2) is 11.7 Å². The topological polar surface area (TPSA) is 38.7 Å².